The maximum absolute atomic E-state index is 9.57. The highest BCUT2D eigenvalue weighted by atomic mass is 16.5. The molecule has 1 aromatic heterocycles. The highest BCUT2D eigenvalue weighted by Gasteiger charge is 2.05. The number of para-hydroxylation sites is 1. The average Bonchev–Trinajstić information content (AvgIpc) is 2.70. The molecule has 0 fully saturated rings. The predicted molar refractivity (Wildman–Crippen MR) is 61.6 cm³/mol. The standard InChI is InChI=1S/C12H14N2O3/c1-8-5-10(14-17-8)7-13-6-9-3-2-4-11(15)12(9)16/h2-5,13,15-16H,6-7H2,1H3. The molecule has 1 aromatic carbocycles. The molecule has 0 saturated heterocycles. The molecule has 2 rings (SSSR count). The summed E-state index contributed by atoms with van der Waals surface area (Å²) in [5.41, 5.74) is 1.45. The van der Waals surface area contributed by atoms with Gasteiger partial charge in [-0.25, -0.2) is 0 Å². The Bertz CT molecular complexity index is 508. The molecule has 2 aromatic rings. The van der Waals surface area contributed by atoms with Crippen LogP contribution in [0.25, 0.3) is 0 Å². The molecule has 5 nitrogen and oxygen atoms in total. The van der Waals surface area contributed by atoms with E-state index in [4.69, 9.17) is 4.52 Å². The molecule has 17 heavy (non-hydrogen) atoms. The summed E-state index contributed by atoms with van der Waals surface area (Å²) in [4.78, 5) is 0. The highest BCUT2D eigenvalue weighted by Crippen LogP contribution is 2.27. The molecule has 0 saturated carbocycles. The number of aryl methyl sites for hydroxylation is 1. The van der Waals surface area contributed by atoms with Crippen LogP contribution in [0.2, 0.25) is 0 Å². The Hall–Kier alpha value is -2.01. The van der Waals surface area contributed by atoms with E-state index >= 15 is 0 Å². The average molecular weight is 234 g/mol. The van der Waals surface area contributed by atoms with E-state index in [0.717, 1.165) is 11.5 Å². The van der Waals surface area contributed by atoms with Crippen LogP contribution < -0.4 is 5.32 Å². The minimum absolute atomic E-state index is 0.0867. The predicted octanol–water partition coefficient (Wildman–Crippen LogP) is 1.68. The Kier molecular flexibility index (Phi) is 3.30. The van der Waals surface area contributed by atoms with Gasteiger partial charge in [0, 0.05) is 24.7 Å². The summed E-state index contributed by atoms with van der Waals surface area (Å²) in [5, 5.41) is 25.8. The Morgan fingerprint density at radius 2 is 2.12 bits per heavy atom. The van der Waals surface area contributed by atoms with Gasteiger partial charge in [-0.3, -0.25) is 0 Å². The Balaban J connectivity index is 1.92. The van der Waals surface area contributed by atoms with Crippen molar-refractivity contribution in [1.82, 2.24) is 10.5 Å². The monoisotopic (exact) mass is 234 g/mol. The number of hydrogen-bond acceptors (Lipinski definition) is 5. The summed E-state index contributed by atoms with van der Waals surface area (Å²) in [6.45, 7) is 2.83. The third kappa shape index (κ3) is 2.76. The van der Waals surface area contributed by atoms with Crippen LogP contribution in [0.3, 0.4) is 0 Å². The van der Waals surface area contributed by atoms with Gasteiger partial charge in [0.2, 0.25) is 0 Å². The first-order chi connectivity index (χ1) is 8.16. The van der Waals surface area contributed by atoms with Gasteiger partial charge in [-0.05, 0) is 13.0 Å². The van der Waals surface area contributed by atoms with Gasteiger partial charge in [-0.1, -0.05) is 17.3 Å². The molecule has 0 aliphatic heterocycles. The van der Waals surface area contributed by atoms with Crippen molar-refractivity contribution in [1.29, 1.82) is 0 Å². The molecule has 90 valence electrons. The van der Waals surface area contributed by atoms with Crippen molar-refractivity contribution in [3.05, 3.63) is 41.3 Å². The Morgan fingerprint density at radius 3 is 2.82 bits per heavy atom. The Labute approximate surface area is 98.7 Å². The van der Waals surface area contributed by atoms with Gasteiger partial charge in [0.25, 0.3) is 0 Å². The number of nitrogens with zero attached hydrogens (tertiary/aromatic N) is 1. The normalized spacial score (nSPS) is 10.6. The van der Waals surface area contributed by atoms with Crippen molar-refractivity contribution in [3.8, 4) is 11.5 Å². The van der Waals surface area contributed by atoms with Crippen molar-refractivity contribution in [2.75, 3.05) is 0 Å². The quantitative estimate of drug-likeness (QED) is 0.701. The van der Waals surface area contributed by atoms with E-state index in [1.165, 1.54) is 6.07 Å². The van der Waals surface area contributed by atoms with Crippen LogP contribution in [0, 0.1) is 6.92 Å². The van der Waals surface area contributed by atoms with Crippen molar-refractivity contribution in [3.63, 3.8) is 0 Å². The molecule has 0 atom stereocenters. The van der Waals surface area contributed by atoms with Gasteiger partial charge in [0.1, 0.15) is 5.76 Å². The van der Waals surface area contributed by atoms with Gasteiger partial charge in [-0.15, -0.1) is 0 Å². The zero-order chi connectivity index (χ0) is 12.3. The van der Waals surface area contributed by atoms with Crippen LogP contribution in [0.15, 0.2) is 28.8 Å². The second-order valence-corrected chi connectivity index (χ2v) is 3.82. The van der Waals surface area contributed by atoms with Crippen LogP contribution in [-0.2, 0) is 13.1 Å². The topological polar surface area (TPSA) is 78.5 Å². The first kappa shape index (κ1) is 11.5. The lowest BCUT2D eigenvalue weighted by Crippen LogP contribution is -2.12. The summed E-state index contributed by atoms with van der Waals surface area (Å²) in [6, 6.07) is 6.72. The number of aromatic nitrogens is 1. The molecular weight excluding hydrogens is 220 g/mol. The summed E-state index contributed by atoms with van der Waals surface area (Å²) in [5.74, 6) is 0.569. The van der Waals surface area contributed by atoms with E-state index in [2.05, 4.69) is 10.5 Å². The molecule has 0 amide bonds. The third-order valence-electron chi connectivity index (χ3n) is 2.40. The van der Waals surface area contributed by atoms with Crippen LogP contribution >= 0.6 is 0 Å². The van der Waals surface area contributed by atoms with Crippen molar-refractivity contribution < 1.29 is 14.7 Å². The number of rotatable bonds is 4. The lowest BCUT2D eigenvalue weighted by atomic mass is 10.2. The van der Waals surface area contributed by atoms with Crippen molar-refractivity contribution in [2.24, 2.45) is 0 Å². The molecule has 0 aliphatic rings. The van der Waals surface area contributed by atoms with Crippen molar-refractivity contribution in [2.45, 2.75) is 20.0 Å². The number of hydrogen-bond donors (Lipinski definition) is 3. The van der Waals surface area contributed by atoms with Gasteiger partial charge in [0.05, 0.1) is 5.69 Å². The van der Waals surface area contributed by atoms with Crippen LogP contribution in [0.1, 0.15) is 17.0 Å². The molecule has 0 bridgehead atoms. The van der Waals surface area contributed by atoms with Gasteiger partial charge in [0.15, 0.2) is 11.5 Å². The van der Waals surface area contributed by atoms with E-state index < -0.39 is 0 Å². The van der Waals surface area contributed by atoms with E-state index in [-0.39, 0.29) is 11.5 Å². The molecule has 0 aliphatic carbocycles. The fourth-order valence-electron chi connectivity index (χ4n) is 1.55. The summed E-state index contributed by atoms with van der Waals surface area (Å²) >= 11 is 0. The first-order valence-corrected chi connectivity index (χ1v) is 5.29. The van der Waals surface area contributed by atoms with Crippen LogP contribution in [-0.4, -0.2) is 15.4 Å². The number of benzene rings is 1. The van der Waals surface area contributed by atoms with E-state index in [0.29, 0.717) is 18.7 Å². The summed E-state index contributed by atoms with van der Waals surface area (Å²) in [6.07, 6.45) is 0. The lowest BCUT2D eigenvalue weighted by Gasteiger charge is -2.06. The summed E-state index contributed by atoms with van der Waals surface area (Å²) < 4.78 is 4.93. The van der Waals surface area contributed by atoms with Gasteiger partial charge in [-0.2, -0.15) is 0 Å². The fourth-order valence-corrected chi connectivity index (χ4v) is 1.55. The van der Waals surface area contributed by atoms with Crippen LogP contribution in [0.4, 0.5) is 0 Å². The summed E-state index contributed by atoms with van der Waals surface area (Å²) in [7, 11) is 0. The molecule has 5 heteroatoms. The molecule has 0 unspecified atom stereocenters. The first-order valence-electron chi connectivity index (χ1n) is 5.29. The van der Waals surface area contributed by atoms with E-state index in [1.807, 2.05) is 13.0 Å². The maximum Gasteiger partial charge on any atom is 0.161 e. The lowest BCUT2D eigenvalue weighted by molar-refractivity contribution is 0.386. The zero-order valence-corrected chi connectivity index (χ0v) is 9.47. The number of aromatic hydroxyl groups is 2. The number of phenols is 2. The minimum Gasteiger partial charge on any atom is -0.504 e. The molecule has 1 heterocycles. The smallest absolute Gasteiger partial charge is 0.161 e. The molecule has 0 spiro atoms. The second kappa shape index (κ2) is 4.88. The number of nitrogens with one attached hydrogen (secondary N) is 1. The third-order valence-corrected chi connectivity index (χ3v) is 2.40. The molecular formula is C12H14N2O3. The maximum atomic E-state index is 9.57. The van der Waals surface area contributed by atoms with E-state index in [9.17, 15) is 10.2 Å². The highest BCUT2D eigenvalue weighted by molar-refractivity contribution is 5.44. The van der Waals surface area contributed by atoms with Gasteiger partial charge >= 0.3 is 0 Å². The zero-order valence-electron chi connectivity index (χ0n) is 9.47. The SMILES string of the molecule is Cc1cc(CNCc2cccc(O)c2O)no1. The molecule has 3 N–H and O–H groups in total. The minimum atomic E-state index is -0.110. The van der Waals surface area contributed by atoms with Gasteiger partial charge < -0.3 is 20.1 Å². The fraction of sp³-hybridized carbons (Fsp3) is 0.250. The Morgan fingerprint density at radius 1 is 1.29 bits per heavy atom. The molecule has 0 radical (unpaired) electrons. The van der Waals surface area contributed by atoms with Crippen LogP contribution in [0.5, 0.6) is 11.5 Å². The number of phenolic OH excluding ortho intramolecular Hbond substituents is 2. The largest absolute Gasteiger partial charge is 0.504 e. The van der Waals surface area contributed by atoms with Crippen molar-refractivity contribution >= 4 is 0 Å². The second-order valence-electron chi connectivity index (χ2n) is 3.82. The van der Waals surface area contributed by atoms with E-state index in [1.54, 1.807) is 12.1 Å².